The second kappa shape index (κ2) is 7.14. The summed E-state index contributed by atoms with van der Waals surface area (Å²) in [5.74, 6) is 1.55. The number of piperidine rings is 1. The van der Waals surface area contributed by atoms with Crippen molar-refractivity contribution in [1.29, 1.82) is 0 Å². The van der Waals surface area contributed by atoms with Crippen molar-refractivity contribution in [3.8, 4) is 5.75 Å². The smallest absolute Gasteiger partial charge is 0.119 e. The van der Waals surface area contributed by atoms with Crippen LogP contribution in [0.2, 0.25) is 0 Å². The number of likely N-dealkylation sites (tertiary alicyclic amines) is 1. The first-order chi connectivity index (χ1) is 10.1. The summed E-state index contributed by atoms with van der Waals surface area (Å²) >= 11 is 0. The van der Waals surface area contributed by atoms with Crippen LogP contribution in [0, 0.1) is 5.92 Å². The number of anilines is 1. The summed E-state index contributed by atoms with van der Waals surface area (Å²) < 4.78 is 5.18. The molecule has 1 aromatic carbocycles. The van der Waals surface area contributed by atoms with Gasteiger partial charge >= 0.3 is 0 Å². The molecule has 0 spiro atoms. The molecule has 1 saturated heterocycles. The van der Waals surface area contributed by atoms with Crippen LogP contribution in [0.15, 0.2) is 24.3 Å². The lowest BCUT2D eigenvalue weighted by Gasteiger charge is -2.42. The molecule has 2 N–H and O–H groups in total. The van der Waals surface area contributed by atoms with Crippen molar-refractivity contribution in [1.82, 2.24) is 4.90 Å². The van der Waals surface area contributed by atoms with E-state index in [2.05, 4.69) is 24.1 Å². The normalized spacial score (nSPS) is 18.7. The van der Waals surface area contributed by atoms with E-state index in [0.29, 0.717) is 5.92 Å². The van der Waals surface area contributed by atoms with Gasteiger partial charge in [-0.3, -0.25) is 0 Å². The molecule has 0 aliphatic carbocycles. The molecule has 1 fully saturated rings. The van der Waals surface area contributed by atoms with E-state index in [1.165, 1.54) is 0 Å². The lowest BCUT2D eigenvalue weighted by atomic mass is 9.87. The maximum Gasteiger partial charge on any atom is 0.119 e. The summed E-state index contributed by atoms with van der Waals surface area (Å²) in [6, 6.07) is 7.91. The van der Waals surface area contributed by atoms with Crippen molar-refractivity contribution >= 4 is 5.69 Å². The molecule has 0 unspecified atom stereocenters. The largest absolute Gasteiger partial charge is 0.497 e. The van der Waals surface area contributed by atoms with Gasteiger partial charge in [-0.05, 0) is 43.0 Å². The Morgan fingerprint density at radius 2 is 1.86 bits per heavy atom. The fraction of sp³-hybridized carbons (Fsp3) is 0.647. The van der Waals surface area contributed by atoms with E-state index in [0.717, 1.165) is 43.9 Å². The van der Waals surface area contributed by atoms with Crippen molar-refractivity contribution in [3.63, 3.8) is 0 Å². The standard InChI is InChI=1S/C17H28N2O2/c1-14(2)12-19-10-8-17(13-20,9-11-19)18-15-4-6-16(21-3)7-5-15/h4-7,14,18,20H,8-13H2,1-3H3. The number of aliphatic hydroxyl groups excluding tert-OH is 1. The molecule has 1 aliphatic heterocycles. The molecule has 21 heavy (non-hydrogen) atoms. The summed E-state index contributed by atoms with van der Waals surface area (Å²) in [6.45, 7) is 7.91. The van der Waals surface area contributed by atoms with Gasteiger partial charge in [0.1, 0.15) is 5.75 Å². The van der Waals surface area contributed by atoms with Crippen molar-refractivity contribution in [3.05, 3.63) is 24.3 Å². The molecule has 0 radical (unpaired) electrons. The Labute approximate surface area is 128 Å². The van der Waals surface area contributed by atoms with Crippen LogP contribution in [0.1, 0.15) is 26.7 Å². The van der Waals surface area contributed by atoms with Crippen molar-refractivity contribution in [2.75, 3.05) is 38.7 Å². The average molecular weight is 292 g/mol. The Morgan fingerprint density at radius 3 is 2.33 bits per heavy atom. The Kier molecular flexibility index (Phi) is 5.48. The highest BCUT2D eigenvalue weighted by Crippen LogP contribution is 2.28. The minimum absolute atomic E-state index is 0.175. The number of ether oxygens (including phenoxy) is 1. The van der Waals surface area contributed by atoms with Crippen LogP contribution in [0.3, 0.4) is 0 Å². The summed E-state index contributed by atoms with van der Waals surface area (Å²) in [6.07, 6.45) is 1.95. The zero-order valence-electron chi connectivity index (χ0n) is 13.4. The van der Waals surface area contributed by atoms with E-state index in [9.17, 15) is 5.11 Å². The molecule has 4 nitrogen and oxygen atoms in total. The molecule has 0 bridgehead atoms. The third-order valence-electron chi connectivity index (χ3n) is 4.24. The maximum absolute atomic E-state index is 9.87. The van der Waals surface area contributed by atoms with Gasteiger partial charge < -0.3 is 20.1 Å². The third-order valence-corrected chi connectivity index (χ3v) is 4.24. The van der Waals surface area contributed by atoms with Crippen LogP contribution >= 0.6 is 0 Å². The summed E-state index contributed by atoms with van der Waals surface area (Å²) in [4.78, 5) is 2.49. The molecule has 1 aromatic rings. The maximum atomic E-state index is 9.87. The third kappa shape index (κ3) is 4.35. The highest BCUT2D eigenvalue weighted by molar-refractivity contribution is 5.48. The van der Waals surface area contributed by atoms with E-state index < -0.39 is 0 Å². The fourth-order valence-electron chi connectivity index (χ4n) is 2.98. The van der Waals surface area contributed by atoms with E-state index >= 15 is 0 Å². The number of hydrogen-bond acceptors (Lipinski definition) is 4. The van der Waals surface area contributed by atoms with Gasteiger partial charge in [-0.1, -0.05) is 13.8 Å². The van der Waals surface area contributed by atoms with Crippen molar-refractivity contribution in [2.45, 2.75) is 32.2 Å². The average Bonchev–Trinajstić information content (AvgIpc) is 2.50. The van der Waals surface area contributed by atoms with Gasteiger partial charge in [0.05, 0.1) is 19.3 Å². The number of methoxy groups -OCH3 is 1. The van der Waals surface area contributed by atoms with Crippen LogP contribution in [0.25, 0.3) is 0 Å². The molecule has 0 atom stereocenters. The van der Waals surface area contributed by atoms with E-state index in [4.69, 9.17) is 4.74 Å². The van der Waals surface area contributed by atoms with E-state index in [1.54, 1.807) is 7.11 Å². The fourth-order valence-corrected chi connectivity index (χ4v) is 2.98. The van der Waals surface area contributed by atoms with Gasteiger partial charge in [0.15, 0.2) is 0 Å². The van der Waals surface area contributed by atoms with Crippen LogP contribution in [0.5, 0.6) is 5.75 Å². The van der Waals surface area contributed by atoms with Crippen LogP contribution < -0.4 is 10.1 Å². The molecular formula is C17H28N2O2. The number of hydrogen-bond donors (Lipinski definition) is 2. The second-order valence-electron chi connectivity index (χ2n) is 6.49. The second-order valence-corrected chi connectivity index (χ2v) is 6.49. The molecule has 0 saturated carbocycles. The van der Waals surface area contributed by atoms with E-state index in [1.807, 2.05) is 24.3 Å². The lowest BCUT2D eigenvalue weighted by Crippen LogP contribution is -2.52. The Balaban J connectivity index is 1.96. The van der Waals surface area contributed by atoms with Crippen LogP contribution in [-0.2, 0) is 0 Å². The molecule has 118 valence electrons. The van der Waals surface area contributed by atoms with Crippen LogP contribution in [0.4, 0.5) is 5.69 Å². The monoisotopic (exact) mass is 292 g/mol. The molecule has 0 aromatic heterocycles. The zero-order chi connectivity index (χ0) is 15.3. The number of nitrogens with one attached hydrogen (secondary N) is 1. The molecule has 2 rings (SSSR count). The first-order valence-corrected chi connectivity index (χ1v) is 7.82. The topological polar surface area (TPSA) is 44.7 Å². The first kappa shape index (κ1) is 16.1. The minimum Gasteiger partial charge on any atom is -0.497 e. The summed E-state index contributed by atoms with van der Waals surface area (Å²) in [5, 5.41) is 13.4. The zero-order valence-corrected chi connectivity index (χ0v) is 13.4. The first-order valence-electron chi connectivity index (χ1n) is 7.82. The highest BCUT2D eigenvalue weighted by atomic mass is 16.5. The Morgan fingerprint density at radius 1 is 1.24 bits per heavy atom. The molecule has 0 amide bonds. The van der Waals surface area contributed by atoms with Gasteiger partial charge in [-0.2, -0.15) is 0 Å². The van der Waals surface area contributed by atoms with Crippen molar-refractivity contribution in [2.24, 2.45) is 5.92 Å². The van der Waals surface area contributed by atoms with Gasteiger partial charge in [-0.15, -0.1) is 0 Å². The molecular weight excluding hydrogens is 264 g/mol. The number of benzene rings is 1. The highest BCUT2D eigenvalue weighted by Gasteiger charge is 2.33. The number of aliphatic hydroxyl groups is 1. The van der Waals surface area contributed by atoms with E-state index in [-0.39, 0.29) is 12.1 Å². The van der Waals surface area contributed by atoms with Gasteiger partial charge in [-0.25, -0.2) is 0 Å². The predicted molar refractivity (Wildman–Crippen MR) is 86.9 cm³/mol. The summed E-state index contributed by atoms with van der Waals surface area (Å²) in [5.41, 5.74) is 0.851. The van der Waals surface area contributed by atoms with Crippen LogP contribution in [-0.4, -0.2) is 48.9 Å². The quantitative estimate of drug-likeness (QED) is 0.846. The van der Waals surface area contributed by atoms with Gasteiger partial charge in [0.2, 0.25) is 0 Å². The minimum atomic E-state index is -0.192. The number of rotatable bonds is 6. The predicted octanol–water partition coefficient (Wildman–Crippen LogP) is 2.59. The van der Waals surface area contributed by atoms with Crippen molar-refractivity contribution < 1.29 is 9.84 Å². The number of nitrogens with zero attached hydrogens (tertiary/aromatic N) is 1. The lowest BCUT2D eigenvalue weighted by molar-refractivity contribution is 0.111. The SMILES string of the molecule is COc1ccc(NC2(CO)CCN(CC(C)C)CC2)cc1. The summed E-state index contributed by atoms with van der Waals surface area (Å²) in [7, 11) is 1.67. The molecule has 1 heterocycles. The Hall–Kier alpha value is -1.26. The van der Waals surface area contributed by atoms with Gasteiger partial charge in [0, 0.05) is 25.3 Å². The molecule has 4 heteroatoms. The Bertz CT molecular complexity index is 423. The molecule has 1 aliphatic rings. The van der Waals surface area contributed by atoms with Gasteiger partial charge in [0.25, 0.3) is 0 Å².